The number of amides is 1. The molecule has 34 heavy (non-hydrogen) atoms. The first-order valence-electron chi connectivity index (χ1n) is 11.6. The predicted molar refractivity (Wildman–Crippen MR) is 136 cm³/mol. The summed E-state index contributed by atoms with van der Waals surface area (Å²) in [6, 6.07) is 22.6. The van der Waals surface area contributed by atoms with Gasteiger partial charge in [-0.15, -0.1) is 0 Å². The molecule has 0 aliphatic carbocycles. The highest BCUT2D eigenvalue weighted by atomic mass is 16.5. The maximum absolute atomic E-state index is 13.3. The van der Waals surface area contributed by atoms with Gasteiger partial charge in [-0.2, -0.15) is 0 Å². The molecule has 6 heteroatoms. The molecule has 0 saturated carbocycles. The van der Waals surface area contributed by atoms with E-state index in [0.29, 0.717) is 23.6 Å². The topological polar surface area (TPSA) is 54.0 Å². The quantitative estimate of drug-likeness (QED) is 0.544. The third-order valence-corrected chi connectivity index (χ3v) is 6.51. The molecular formula is C28H33N3O3. The summed E-state index contributed by atoms with van der Waals surface area (Å²) in [5.41, 5.74) is 5.49. The summed E-state index contributed by atoms with van der Waals surface area (Å²) in [6.07, 6.45) is 0.997. The molecule has 0 radical (unpaired) electrons. The number of fused-ring (bicyclic) bond motifs is 1. The van der Waals surface area contributed by atoms with Crippen LogP contribution in [0.5, 0.6) is 11.5 Å². The van der Waals surface area contributed by atoms with Crippen molar-refractivity contribution in [1.29, 1.82) is 0 Å². The number of methoxy groups -OCH3 is 2. The summed E-state index contributed by atoms with van der Waals surface area (Å²) < 4.78 is 10.9. The molecular weight excluding hydrogens is 426 g/mol. The second-order valence-electron chi connectivity index (χ2n) is 8.74. The van der Waals surface area contributed by atoms with Crippen molar-refractivity contribution in [2.45, 2.75) is 19.0 Å². The number of nitrogens with one attached hydrogen (secondary N) is 1. The van der Waals surface area contributed by atoms with Crippen molar-refractivity contribution in [3.05, 3.63) is 89.0 Å². The minimum Gasteiger partial charge on any atom is -0.496 e. The van der Waals surface area contributed by atoms with E-state index in [-0.39, 0.29) is 11.9 Å². The Morgan fingerprint density at radius 2 is 1.59 bits per heavy atom. The fourth-order valence-corrected chi connectivity index (χ4v) is 4.59. The Labute approximate surface area is 202 Å². The maximum atomic E-state index is 13.3. The van der Waals surface area contributed by atoms with Gasteiger partial charge in [0.05, 0.1) is 20.3 Å². The zero-order valence-electron chi connectivity index (χ0n) is 20.4. The van der Waals surface area contributed by atoms with Crippen molar-refractivity contribution >= 4 is 11.6 Å². The summed E-state index contributed by atoms with van der Waals surface area (Å²) in [7, 11) is 7.20. The Bertz CT molecular complexity index is 1110. The van der Waals surface area contributed by atoms with Gasteiger partial charge in [-0.3, -0.25) is 9.69 Å². The van der Waals surface area contributed by atoms with Crippen LogP contribution >= 0.6 is 0 Å². The molecule has 0 bridgehead atoms. The molecule has 178 valence electrons. The standard InChI is InChI=1S/C28H33N3O3/c1-30(2)23-14-12-21(13-15-23)24(31-17-16-20-8-5-6-9-22(20)19-31)18-29-28(32)27-25(33-3)10-7-11-26(27)34-4/h5-15,24H,16-19H2,1-4H3,(H,29,32). The van der Waals surface area contributed by atoms with Crippen molar-refractivity contribution in [2.75, 3.05) is 46.3 Å². The average Bonchev–Trinajstić information content (AvgIpc) is 2.88. The molecule has 0 aromatic heterocycles. The second-order valence-corrected chi connectivity index (χ2v) is 8.74. The fourth-order valence-electron chi connectivity index (χ4n) is 4.59. The molecule has 6 nitrogen and oxygen atoms in total. The van der Waals surface area contributed by atoms with E-state index < -0.39 is 0 Å². The fraction of sp³-hybridized carbons (Fsp3) is 0.321. The summed E-state index contributed by atoms with van der Waals surface area (Å²) in [6.45, 7) is 2.26. The molecule has 1 aliphatic rings. The van der Waals surface area contributed by atoms with Gasteiger partial charge in [-0.25, -0.2) is 0 Å². The monoisotopic (exact) mass is 459 g/mol. The van der Waals surface area contributed by atoms with Crippen LogP contribution in [0.25, 0.3) is 0 Å². The summed E-state index contributed by atoms with van der Waals surface area (Å²) >= 11 is 0. The predicted octanol–water partition coefficient (Wildman–Crippen LogP) is 4.30. The van der Waals surface area contributed by atoms with Gasteiger partial charge in [-0.05, 0) is 47.4 Å². The van der Waals surface area contributed by atoms with Crippen LogP contribution in [-0.2, 0) is 13.0 Å². The van der Waals surface area contributed by atoms with Crippen LogP contribution in [-0.4, -0.2) is 52.2 Å². The molecule has 3 aromatic carbocycles. The first-order chi connectivity index (χ1) is 16.5. The lowest BCUT2D eigenvalue weighted by Gasteiger charge is -2.36. The van der Waals surface area contributed by atoms with Gasteiger partial charge < -0.3 is 19.7 Å². The summed E-state index contributed by atoms with van der Waals surface area (Å²) in [4.78, 5) is 17.8. The van der Waals surface area contributed by atoms with E-state index in [0.717, 1.165) is 25.2 Å². The first kappa shape index (κ1) is 23.6. The molecule has 0 saturated heterocycles. The molecule has 1 aliphatic heterocycles. The molecule has 3 aromatic rings. The van der Waals surface area contributed by atoms with Gasteiger partial charge in [0.25, 0.3) is 5.91 Å². The first-order valence-corrected chi connectivity index (χ1v) is 11.6. The smallest absolute Gasteiger partial charge is 0.258 e. The highest BCUT2D eigenvalue weighted by molar-refractivity contribution is 5.99. The number of hydrogen-bond acceptors (Lipinski definition) is 5. The van der Waals surface area contributed by atoms with Crippen molar-refractivity contribution in [3.63, 3.8) is 0 Å². The third-order valence-electron chi connectivity index (χ3n) is 6.51. The Balaban J connectivity index is 1.60. The minimum atomic E-state index is -0.207. The van der Waals surface area contributed by atoms with Gasteiger partial charge >= 0.3 is 0 Å². The Hall–Kier alpha value is -3.51. The zero-order chi connectivity index (χ0) is 24.1. The second kappa shape index (κ2) is 10.6. The van der Waals surface area contributed by atoms with E-state index in [9.17, 15) is 4.79 Å². The van der Waals surface area contributed by atoms with E-state index >= 15 is 0 Å². The van der Waals surface area contributed by atoms with Crippen LogP contribution in [0.4, 0.5) is 5.69 Å². The van der Waals surface area contributed by atoms with E-state index in [1.807, 2.05) is 20.2 Å². The SMILES string of the molecule is COc1cccc(OC)c1C(=O)NCC(c1ccc(N(C)C)cc1)N1CCc2ccccc2C1. The number of anilines is 1. The largest absolute Gasteiger partial charge is 0.496 e. The molecule has 0 fully saturated rings. The zero-order valence-corrected chi connectivity index (χ0v) is 20.4. The number of carbonyl (C=O) groups excluding carboxylic acids is 1. The molecule has 4 rings (SSSR count). The van der Waals surface area contributed by atoms with Crippen molar-refractivity contribution < 1.29 is 14.3 Å². The number of benzene rings is 3. The van der Waals surface area contributed by atoms with Gasteiger partial charge in [0.15, 0.2) is 0 Å². The van der Waals surface area contributed by atoms with E-state index in [1.165, 1.54) is 16.7 Å². The highest BCUT2D eigenvalue weighted by Gasteiger charge is 2.26. The van der Waals surface area contributed by atoms with Crippen LogP contribution in [0.2, 0.25) is 0 Å². The molecule has 1 N–H and O–H groups in total. The molecule has 1 atom stereocenters. The number of ether oxygens (including phenoxy) is 2. The van der Waals surface area contributed by atoms with Gasteiger partial charge in [0, 0.05) is 39.4 Å². The van der Waals surface area contributed by atoms with Gasteiger partial charge in [0.2, 0.25) is 0 Å². The van der Waals surface area contributed by atoms with Crippen LogP contribution in [0, 0.1) is 0 Å². The van der Waals surface area contributed by atoms with E-state index in [2.05, 4.69) is 63.6 Å². The van der Waals surface area contributed by atoms with Gasteiger partial charge in [-0.1, -0.05) is 42.5 Å². The lowest BCUT2D eigenvalue weighted by atomic mass is 9.96. The number of nitrogens with zero attached hydrogens (tertiary/aromatic N) is 2. The number of hydrogen-bond donors (Lipinski definition) is 1. The van der Waals surface area contributed by atoms with Crippen molar-refractivity contribution in [1.82, 2.24) is 10.2 Å². The minimum absolute atomic E-state index is 0.0363. The van der Waals surface area contributed by atoms with E-state index in [1.54, 1.807) is 26.4 Å². The Kier molecular flexibility index (Phi) is 7.38. The third kappa shape index (κ3) is 5.02. The molecule has 0 spiro atoms. The normalized spacial score (nSPS) is 14.1. The number of carbonyl (C=O) groups is 1. The lowest BCUT2D eigenvalue weighted by Crippen LogP contribution is -2.40. The molecule has 1 heterocycles. The summed E-state index contributed by atoms with van der Waals surface area (Å²) in [5.74, 6) is 0.785. The Morgan fingerprint density at radius 3 is 2.21 bits per heavy atom. The van der Waals surface area contributed by atoms with Crippen LogP contribution in [0.3, 0.4) is 0 Å². The van der Waals surface area contributed by atoms with Crippen molar-refractivity contribution in [2.24, 2.45) is 0 Å². The Morgan fingerprint density at radius 1 is 0.941 bits per heavy atom. The van der Waals surface area contributed by atoms with Crippen LogP contribution in [0.15, 0.2) is 66.7 Å². The highest BCUT2D eigenvalue weighted by Crippen LogP contribution is 2.31. The van der Waals surface area contributed by atoms with Crippen molar-refractivity contribution in [3.8, 4) is 11.5 Å². The van der Waals surface area contributed by atoms with Crippen LogP contribution in [0.1, 0.15) is 33.1 Å². The number of rotatable bonds is 8. The van der Waals surface area contributed by atoms with Gasteiger partial charge in [0.1, 0.15) is 17.1 Å². The average molecular weight is 460 g/mol. The molecule has 1 amide bonds. The van der Waals surface area contributed by atoms with E-state index in [4.69, 9.17) is 9.47 Å². The maximum Gasteiger partial charge on any atom is 0.258 e. The molecule has 1 unspecified atom stereocenters. The lowest BCUT2D eigenvalue weighted by molar-refractivity contribution is 0.0921. The summed E-state index contributed by atoms with van der Waals surface area (Å²) in [5, 5.41) is 3.15. The van der Waals surface area contributed by atoms with Crippen LogP contribution < -0.4 is 19.7 Å².